The van der Waals surface area contributed by atoms with Crippen LogP contribution in [0.2, 0.25) is 0 Å². The molecule has 1 atom stereocenters. The number of benzene rings is 1. The van der Waals surface area contributed by atoms with E-state index in [9.17, 15) is 4.79 Å². The standard InChI is InChI=1S/C19H26N2O/c1-16(22)18-7-9-19(10-8-18)21-13-11-20(12-14-21)15-17-5-3-2-4-6-17/h2-3,7-10,17H,4-6,11-15H2,1H3/p+1/t17-/m1/s1. The van der Waals surface area contributed by atoms with Crippen LogP contribution in [0.4, 0.5) is 5.69 Å². The lowest BCUT2D eigenvalue weighted by molar-refractivity contribution is -0.904. The maximum atomic E-state index is 11.3. The van der Waals surface area contributed by atoms with Crippen LogP contribution in [0.3, 0.4) is 0 Å². The van der Waals surface area contributed by atoms with Crippen molar-refractivity contribution in [3.8, 4) is 0 Å². The number of carbonyl (C=O) groups is 1. The smallest absolute Gasteiger partial charge is 0.159 e. The van der Waals surface area contributed by atoms with Crippen molar-refractivity contribution < 1.29 is 9.69 Å². The van der Waals surface area contributed by atoms with E-state index >= 15 is 0 Å². The van der Waals surface area contributed by atoms with Crippen molar-refractivity contribution in [1.29, 1.82) is 0 Å². The van der Waals surface area contributed by atoms with Gasteiger partial charge in [-0.25, -0.2) is 0 Å². The van der Waals surface area contributed by atoms with Gasteiger partial charge in [-0.15, -0.1) is 0 Å². The van der Waals surface area contributed by atoms with Crippen molar-refractivity contribution in [2.45, 2.75) is 26.2 Å². The Bertz CT molecular complexity index is 527. The average molecular weight is 299 g/mol. The average Bonchev–Trinajstić information content (AvgIpc) is 2.57. The van der Waals surface area contributed by atoms with Gasteiger partial charge in [0.05, 0.1) is 32.7 Å². The molecule has 0 bridgehead atoms. The first-order chi connectivity index (χ1) is 10.7. The second-order valence-corrected chi connectivity index (χ2v) is 6.69. The van der Waals surface area contributed by atoms with Gasteiger partial charge in [-0.2, -0.15) is 0 Å². The normalized spacial score (nSPS) is 22.8. The van der Waals surface area contributed by atoms with Crippen LogP contribution in [-0.2, 0) is 0 Å². The molecule has 0 aromatic heterocycles. The van der Waals surface area contributed by atoms with E-state index in [4.69, 9.17) is 0 Å². The molecule has 1 aromatic rings. The number of allylic oxidation sites excluding steroid dienone is 2. The Kier molecular flexibility index (Phi) is 4.94. The third-order valence-electron chi connectivity index (χ3n) is 5.06. The maximum absolute atomic E-state index is 11.3. The number of piperazine rings is 1. The fraction of sp³-hybridized carbons (Fsp3) is 0.526. The quantitative estimate of drug-likeness (QED) is 0.679. The molecule has 2 aliphatic rings. The number of nitrogens with zero attached hydrogens (tertiary/aromatic N) is 1. The minimum atomic E-state index is 0.141. The first-order valence-electron chi connectivity index (χ1n) is 8.57. The molecule has 0 spiro atoms. The number of rotatable bonds is 4. The van der Waals surface area contributed by atoms with Crippen LogP contribution in [-0.4, -0.2) is 38.5 Å². The van der Waals surface area contributed by atoms with Gasteiger partial charge in [0.25, 0.3) is 0 Å². The van der Waals surface area contributed by atoms with Gasteiger partial charge in [-0.05, 0) is 50.5 Å². The SMILES string of the molecule is CC(=O)c1ccc(N2CC[NH+](C[C@@H]3CC=CCC3)CC2)cc1. The predicted molar refractivity (Wildman–Crippen MR) is 90.7 cm³/mol. The van der Waals surface area contributed by atoms with Gasteiger partial charge in [0.1, 0.15) is 0 Å². The molecule has 0 radical (unpaired) electrons. The van der Waals surface area contributed by atoms with Gasteiger partial charge in [0.2, 0.25) is 0 Å². The minimum Gasteiger partial charge on any atom is -0.360 e. The molecule has 3 rings (SSSR count). The van der Waals surface area contributed by atoms with Crippen LogP contribution >= 0.6 is 0 Å². The van der Waals surface area contributed by atoms with Gasteiger partial charge >= 0.3 is 0 Å². The molecular formula is C19H27N2O+. The summed E-state index contributed by atoms with van der Waals surface area (Å²) in [7, 11) is 0. The Morgan fingerprint density at radius 3 is 2.50 bits per heavy atom. The molecule has 118 valence electrons. The van der Waals surface area contributed by atoms with E-state index in [0.717, 1.165) is 24.6 Å². The van der Waals surface area contributed by atoms with E-state index in [1.165, 1.54) is 44.6 Å². The van der Waals surface area contributed by atoms with Crippen LogP contribution in [0.5, 0.6) is 0 Å². The minimum absolute atomic E-state index is 0.141. The number of ketones is 1. The van der Waals surface area contributed by atoms with Crippen LogP contribution in [0.25, 0.3) is 0 Å². The third kappa shape index (κ3) is 3.77. The van der Waals surface area contributed by atoms with Crippen molar-refractivity contribution in [2.24, 2.45) is 5.92 Å². The summed E-state index contributed by atoms with van der Waals surface area (Å²) in [6.45, 7) is 7.66. The van der Waals surface area contributed by atoms with Crippen LogP contribution in [0.1, 0.15) is 36.5 Å². The van der Waals surface area contributed by atoms with E-state index in [1.807, 2.05) is 12.1 Å². The summed E-state index contributed by atoms with van der Waals surface area (Å²) in [5.41, 5.74) is 2.06. The van der Waals surface area contributed by atoms with Crippen molar-refractivity contribution in [2.75, 3.05) is 37.6 Å². The zero-order valence-electron chi connectivity index (χ0n) is 13.6. The van der Waals surface area contributed by atoms with Gasteiger partial charge in [0, 0.05) is 17.2 Å². The topological polar surface area (TPSA) is 24.8 Å². The molecule has 1 aliphatic heterocycles. The molecule has 1 fully saturated rings. The molecule has 3 nitrogen and oxygen atoms in total. The number of hydrogen-bond acceptors (Lipinski definition) is 2. The highest BCUT2D eigenvalue weighted by atomic mass is 16.1. The first kappa shape index (κ1) is 15.3. The molecule has 22 heavy (non-hydrogen) atoms. The Morgan fingerprint density at radius 2 is 1.91 bits per heavy atom. The van der Waals surface area contributed by atoms with Gasteiger partial charge in [-0.3, -0.25) is 4.79 Å². The Balaban J connectivity index is 1.50. The number of nitrogens with one attached hydrogen (secondary N) is 1. The van der Waals surface area contributed by atoms with Crippen molar-refractivity contribution in [1.82, 2.24) is 0 Å². The van der Waals surface area contributed by atoms with E-state index in [1.54, 1.807) is 11.8 Å². The molecule has 1 heterocycles. The highest BCUT2D eigenvalue weighted by Crippen LogP contribution is 2.17. The van der Waals surface area contributed by atoms with E-state index in [-0.39, 0.29) is 5.78 Å². The summed E-state index contributed by atoms with van der Waals surface area (Å²) in [6, 6.07) is 8.08. The summed E-state index contributed by atoms with van der Waals surface area (Å²) >= 11 is 0. The molecule has 1 aliphatic carbocycles. The lowest BCUT2D eigenvalue weighted by Gasteiger charge is -2.35. The monoisotopic (exact) mass is 299 g/mol. The van der Waals surface area contributed by atoms with Gasteiger partial charge in [0.15, 0.2) is 5.78 Å². The van der Waals surface area contributed by atoms with E-state index in [2.05, 4.69) is 29.2 Å². The summed E-state index contributed by atoms with van der Waals surface area (Å²) < 4.78 is 0. The summed E-state index contributed by atoms with van der Waals surface area (Å²) in [4.78, 5) is 15.6. The Hall–Kier alpha value is -1.61. The molecular weight excluding hydrogens is 272 g/mol. The van der Waals surface area contributed by atoms with Crippen LogP contribution in [0, 0.1) is 5.92 Å². The fourth-order valence-corrected chi connectivity index (χ4v) is 3.64. The second kappa shape index (κ2) is 7.10. The molecule has 1 saturated heterocycles. The van der Waals surface area contributed by atoms with Crippen LogP contribution in [0.15, 0.2) is 36.4 Å². The number of Topliss-reactive ketones (excluding diaryl/α,β-unsaturated/α-hetero) is 1. The summed E-state index contributed by atoms with van der Waals surface area (Å²) in [5, 5.41) is 0. The highest BCUT2D eigenvalue weighted by Gasteiger charge is 2.23. The lowest BCUT2D eigenvalue weighted by atomic mass is 9.94. The Morgan fingerprint density at radius 1 is 1.18 bits per heavy atom. The number of carbonyl (C=O) groups excluding carboxylic acids is 1. The zero-order valence-corrected chi connectivity index (χ0v) is 13.6. The van der Waals surface area contributed by atoms with Gasteiger partial charge < -0.3 is 9.80 Å². The summed E-state index contributed by atoms with van der Waals surface area (Å²) in [6.07, 6.45) is 8.61. The van der Waals surface area contributed by atoms with Gasteiger partial charge in [-0.1, -0.05) is 12.2 Å². The zero-order chi connectivity index (χ0) is 15.4. The largest absolute Gasteiger partial charge is 0.360 e. The molecule has 1 aromatic carbocycles. The first-order valence-corrected chi connectivity index (χ1v) is 8.57. The molecule has 1 N–H and O–H groups in total. The lowest BCUT2D eigenvalue weighted by Crippen LogP contribution is -3.15. The second-order valence-electron chi connectivity index (χ2n) is 6.69. The number of quaternary nitrogens is 1. The van der Waals surface area contributed by atoms with Crippen LogP contribution < -0.4 is 9.80 Å². The molecule has 0 unspecified atom stereocenters. The van der Waals surface area contributed by atoms with Crippen molar-refractivity contribution in [3.05, 3.63) is 42.0 Å². The number of hydrogen-bond donors (Lipinski definition) is 1. The fourth-order valence-electron chi connectivity index (χ4n) is 3.64. The molecule has 3 heteroatoms. The highest BCUT2D eigenvalue weighted by molar-refractivity contribution is 5.94. The third-order valence-corrected chi connectivity index (χ3v) is 5.06. The predicted octanol–water partition coefficient (Wildman–Crippen LogP) is 1.95. The van der Waals surface area contributed by atoms with E-state index in [0.29, 0.717) is 0 Å². The Labute approximate surface area is 133 Å². The van der Waals surface area contributed by atoms with E-state index < -0.39 is 0 Å². The maximum Gasteiger partial charge on any atom is 0.159 e. The van der Waals surface area contributed by atoms with Crippen molar-refractivity contribution in [3.63, 3.8) is 0 Å². The number of anilines is 1. The van der Waals surface area contributed by atoms with Crippen molar-refractivity contribution >= 4 is 11.5 Å². The molecule has 0 amide bonds. The summed E-state index contributed by atoms with van der Waals surface area (Å²) in [5.74, 6) is 1.03. The molecule has 0 saturated carbocycles.